The van der Waals surface area contributed by atoms with Crippen LogP contribution in [0.25, 0.3) is 0 Å². The van der Waals surface area contributed by atoms with E-state index in [1.165, 1.54) is 21.2 Å². The summed E-state index contributed by atoms with van der Waals surface area (Å²) in [7, 11) is -0.216. The molecule has 0 aliphatic heterocycles. The van der Waals surface area contributed by atoms with Gasteiger partial charge in [0.25, 0.3) is 0 Å². The van der Waals surface area contributed by atoms with Crippen LogP contribution < -0.4 is 26.0 Å². The summed E-state index contributed by atoms with van der Waals surface area (Å²) < 4.78 is 6.03. The van der Waals surface area contributed by atoms with Crippen LogP contribution in [0.1, 0.15) is 11.5 Å². The molecule has 0 N–H and O–H groups in total. The second-order valence-electron chi connectivity index (χ2n) is 9.88. The van der Waals surface area contributed by atoms with Crippen LogP contribution in [0.5, 0.6) is 5.75 Å². The normalized spacial score (nSPS) is 16.0. The molecule has 202 valence electrons. The molecule has 0 heterocycles. The van der Waals surface area contributed by atoms with E-state index in [-0.39, 0.29) is 5.92 Å². The number of hydrogen-bond donors (Lipinski definition) is 0. The van der Waals surface area contributed by atoms with E-state index in [4.69, 9.17) is 16.3 Å². The minimum absolute atomic E-state index is 0.136. The first-order valence-electron chi connectivity index (χ1n) is 13.7. The fourth-order valence-corrected chi connectivity index (χ4v) is 14.3. The summed E-state index contributed by atoms with van der Waals surface area (Å²) in [6.45, 7) is 0. The third kappa shape index (κ3) is 5.31. The topological polar surface area (TPSA) is 9.23 Å². The molecule has 0 aromatic heterocycles. The molecule has 0 fully saturated rings. The van der Waals surface area contributed by atoms with E-state index in [2.05, 4.69) is 158 Å². The smallest absolute Gasteiger partial charge is 0.122 e. The van der Waals surface area contributed by atoms with E-state index in [9.17, 15) is 0 Å². The molecule has 1 aliphatic rings. The van der Waals surface area contributed by atoms with Gasteiger partial charge < -0.3 is 4.74 Å². The molecule has 0 unspecified atom stereocenters. The van der Waals surface area contributed by atoms with E-state index in [0.717, 1.165) is 16.3 Å². The Balaban J connectivity index is 1.77. The van der Waals surface area contributed by atoms with E-state index < -0.39 is 20.7 Å². The van der Waals surface area contributed by atoms with Gasteiger partial charge in [-0.1, -0.05) is 163 Å². The van der Waals surface area contributed by atoms with Gasteiger partial charge in [0.15, 0.2) is 0 Å². The molecule has 41 heavy (non-hydrogen) atoms. The summed E-state index contributed by atoms with van der Waals surface area (Å²) in [4.78, 5) is -0.420. The number of hydrogen-bond acceptors (Lipinski definition) is 1. The van der Waals surface area contributed by atoms with E-state index in [1.807, 2.05) is 6.07 Å². The van der Waals surface area contributed by atoms with Gasteiger partial charge in [-0.05, 0) is 49.2 Å². The molecule has 4 heteroatoms. The maximum atomic E-state index is 7.44. The molecule has 0 saturated heterocycles. The number of ether oxygens (including phenoxy) is 1. The van der Waals surface area contributed by atoms with Gasteiger partial charge in [0.2, 0.25) is 0 Å². The minimum atomic E-state index is -0.986. The molecule has 5 aromatic carbocycles. The van der Waals surface area contributed by atoms with Gasteiger partial charge in [-0.25, -0.2) is 0 Å². The molecular weight excluding hydrogens is 558 g/mol. The van der Waals surface area contributed by atoms with Crippen LogP contribution in [0.2, 0.25) is 0 Å². The Morgan fingerprint density at radius 1 is 0.561 bits per heavy atom. The SMILES string of the molecule is COc1ccccc1[C@H]1C(Cl)=CC=CC1(P(c1ccccc1)c1ccccc1)P(c1ccccc1)c1ccccc1. The lowest BCUT2D eigenvalue weighted by Crippen LogP contribution is -2.43. The molecule has 0 spiro atoms. The van der Waals surface area contributed by atoms with E-state index >= 15 is 0 Å². The summed E-state index contributed by atoms with van der Waals surface area (Å²) in [5.74, 6) is 0.722. The van der Waals surface area contributed by atoms with Gasteiger partial charge in [-0.15, -0.1) is 0 Å². The lowest BCUT2D eigenvalue weighted by molar-refractivity contribution is 0.407. The molecule has 1 aliphatic carbocycles. The fourth-order valence-electron chi connectivity index (χ4n) is 5.90. The molecule has 0 bridgehead atoms. The predicted molar refractivity (Wildman–Crippen MR) is 180 cm³/mol. The summed E-state index contributed by atoms with van der Waals surface area (Å²) in [6, 6.07) is 52.5. The predicted octanol–water partition coefficient (Wildman–Crippen LogP) is 8.43. The van der Waals surface area contributed by atoms with Crippen LogP contribution >= 0.6 is 27.4 Å². The lowest BCUT2D eigenvalue weighted by Gasteiger charge is -2.52. The first-order valence-corrected chi connectivity index (χ1v) is 16.8. The third-order valence-electron chi connectivity index (χ3n) is 7.52. The van der Waals surface area contributed by atoms with Gasteiger partial charge in [-0.3, -0.25) is 0 Å². The summed E-state index contributed by atoms with van der Waals surface area (Å²) in [5.41, 5.74) is 1.11. The Hall–Kier alpha value is -3.47. The quantitative estimate of drug-likeness (QED) is 0.165. The molecule has 1 nitrogen and oxygen atoms in total. The van der Waals surface area contributed by atoms with Crippen molar-refractivity contribution in [3.8, 4) is 5.75 Å². The van der Waals surface area contributed by atoms with Crippen molar-refractivity contribution in [1.82, 2.24) is 0 Å². The van der Waals surface area contributed by atoms with Gasteiger partial charge in [-0.2, -0.15) is 0 Å². The second-order valence-corrected chi connectivity index (χ2v) is 15.6. The third-order valence-corrected chi connectivity index (χ3v) is 14.6. The van der Waals surface area contributed by atoms with Crippen molar-refractivity contribution < 1.29 is 4.74 Å². The van der Waals surface area contributed by atoms with Gasteiger partial charge >= 0.3 is 0 Å². The van der Waals surface area contributed by atoms with Crippen LogP contribution in [-0.2, 0) is 0 Å². The summed E-state index contributed by atoms with van der Waals surface area (Å²) >= 11 is 7.44. The van der Waals surface area contributed by atoms with E-state index in [1.54, 1.807) is 7.11 Å². The highest BCUT2D eigenvalue weighted by Crippen LogP contribution is 2.73. The number of allylic oxidation sites excluding steroid dienone is 4. The first kappa shape index (κ1) is 27.7. The standard InChI is InChI=1S/C37H31ClOP2/c1-39-35-27-15-14-25-33(35)36-34(38)26-16-28-37(36,40(29-17-6-2-7-18-29)30-19-8-3-9-20-30)41(31-21-10-4-11-22-31)32-23-12-5-13-24-32/h2-28,36H,1H3/t36-/m0/s1. The molecule has 1 atom stereocenters. The number of para-hydroxylation sites is 1. The molecule has 6 rings (SSSR count). The monoisotopic (exact) mass is 588 g/mol. The van der Waals surface area contributed by atoms with Crippen LogP contribution in [-0.4, -0.2) is 12.0 Å². The molecule has 5 aromatic rings. The largest absolute Gasteiger partial charge is 0.496 e. The molecular formula is C37H31ClOP2. The fraction of sp³-hybridized carbons (Fsp3) is 0.0811. The zero-order valence-electron chi connectivity index (χ0n) is 22.8. The average molecular weight is 589 g/mol. The van der Waals surface area contributed by atoms with E-state index in [0.29, 0.717) is 0 Å². The first-order chi connectivity index (χ1) is 20.2. The minimum Gasteiger partial charge on any atom is -0.496 e. The van der Waals surface area contributed by atoms with Crippen molar-refractivity contribution in [1.29, 1.82) is 0 Å². The lowest BCUT2D eigenvalue weighted by atomic mass is 9.90. The maximum absolute atomic E-state index is 7.44. The van der Waals surface area contributed by atoms with Gasteiger partial charge in [0, 0.05) is 16.5 Å². The zero-order valence-corrected chi connectivity index (χ0v) is 25.4. The highest BCUT2D eigenvalue weighted by atomic mass is 35.5. The van der Waals surface area contributed by atoms with Crippen LogP contribution in [0, 0.1) is 0 Å². The Labute approximate surface area is 250 Å². The summed E-state index contributed by atoms with van der Waals surface area (Å²) in [5, 5.41) is 6.12. The van der Waals surface area contributed by atoms with Crippen molar-refractivity contribution in [2.24, 2.45) is 0 Å². The molecule has 0 radical (unpaired) electrons. The Kier molecular flexibility index (Phi) is 8.50. The van der Waals surface area contributed by atoms with Gasteiger partial charge in [0.05, 0.1) is 12.0 Å². The van der Waals surface area contributed by atoms with Crippen molar-refractivity contribution in [2.45, 2.75) is 10.8 Å². The number of methoxy groups -OCH3 is 1. The van der Waals surface area contributed by atoms with Crippen LogP contribution in [0.3, 0.4) is 0 Å². The van der Waals surface area contributed by atoms with Crippen molar-refractivity contribution >= 4 is 48.7 Å². The van der Waals surface area contributed by atoms with Crippen LogP contribution in [0.4, 0.5) is 0 Å². The number of benzene rings is 5. The molecule has 0 saturated carbocycles. The number of rotatable bonds is 8. The highest BCUT2D eigenvalue weighted by molar-refractivity contribution is 7.91. The second kappa shape index (κ2) is 12.6. The van der Waals surface area contributed by atoms with Crippen molar-refractivity contribution in [2.75, 3.05) is 7.11 Å². The molecule has 0 amide bonds. The Morgan fingerprint density at radius 2 is 0.951 bits per heavy atom. The summed E-state index contributed by atoms with van der Waals surface area (Å²) in [6.07, 6.45) is 6.74. The number of halogens is 1. The average Bonchev–Trinajstić information content (AvgIpc) is 3.03. The Bertz CT molecular complexity index is 1470. The van der Waals surface area contributed by atoms with Crippen LogP contribution in [0.15, 0.2) is 169 Å². The maximum Gasteiger partial charge on any atom is 0.122 e. The van der Waals surface area contributed by atoms with Crippen molar-refractivity contribution in [3.63, 3.8) is 0 Å². The van der Waals surface area contributed by atoms with Crippen molar-refractivity contribution in [3.05, 3.63) is 174 Å². The highest BCUT2D eigenvalue weighted by Gasteiger charge is 2.54. The zero-order chi connectivity index (χ0) is 28.1. The van der Waals surface area contributed by atoms with Gasteiger partial charge in [0.1, 0.15) is 5.75 Å². The Morgan fingerprint density at radius 3 is 1.37 bits per heavy atom.